The first-order chi connectivity index (χ1) is 8.32. The predicted octanol–water partition coefficient (Wildman–Crippen LogP) is 1.14. The van der Waals surface area contributed by atoms with Gasteiger partial charge in [0.1, 0.15) is 12.2 Å². The minimum Gasteiger partial charge on any atom is -0.388 e. The molecule has 100 valence electrons. The molecule has 1 amide bonds. The topological polar surface area (TPSA) is 69.6 Å². The van der Waals surface area contributed by atoms with Gasteiger partial charge < -0.3 is 15.5 Å². The normalized spacial score (nSPS) is 14.1. The standard InChI is InChI=1S/C14H21NO3/c1-8-5-10(3)12(6-9(8)2)14(18)13(17)7-15-11(4)16/h5-6,13-14,17-18H,7H2,1-4H3,(H,15,16). The zero-order valence-corrected chi connectivity index (χ0v) is 11.3. The van der Waals surface area contributed by atoms with Gasteiger partial charge in [-0.2, -0.15) is 0 Å². The van der Waals surface area contributed by atoms with Gasteiger partial charge in [-0.05, 0) is 43.0 Å². The van der Waals surface area contributed by atoms with E-state index in [1.807, 2.05) is 32.9 Å². The van der Waals surface area contributed by atoms with E-state index in [4.69, 9.17) is 0 Å². The second-order valence-electron chi connectivity index (χ2n) is 4.74. The van der Waals surface area contributed by atoms with Gasteiger partial charge in [-0.25, -0.2) is 0 Å². The Morgan fingerprint density at radius 1 is 1.17 bits per heavy atom. The average Bonchev–Trinajstić information content (AvgIpc) is 2.29. The lowest BCUT2D eigenvalue weighted by Gasteiger charge is -2.21. The number of rotatable bonds is 4. The van der Waals surface area contributed by atoms with Crippen molar-refractivity contribution in [3.05, 3.63) is 34.4 Å². The Hall–Kier alpha value is -1.39. The van der Waals surface area contributed by atoms with E-state index in [-0.39, 0.29) is 12.5 Å². The summed E-state index contributed by atoms with van der Waals surface area (Å²) in [5.41, 5.74) is 3.87. The molecule has 0 radical (unpaired) electrons. The fraction of sp³-hybridized carbons (Fsp3) is 0.500. The van der Waals surface area contributed by atoms with Crippen molar-refractivity contribution in [2.45, 2.75) is 39.9 Å². The van der Waals surface area contributed by atoms with Crippen LogP contribution < -0.4 is 5.32 Å². The number of aliphatic hydroxyl groups is 2. The number of aryl methyl sites for hydroxylation is 3. The van der Waals surface area contributed by atoms with Gasteiger partial charge in [0.15, 0.2) is 0 Å². The lowest BCUT2D eigenvalue weighted by Crippen LogP contribution is -2.34. The van der Waals surface area contributed by atoms with E-state index < -0.39 is 12.2 Å². The Morgan fingerprint density at radius 3 is 2.28 bits per heavy atom. The van der Waals surface area contributed by atoms with Crippen LogP contribution in [0.5, 0.6) is 0 Å². The molecule has 0 aliphatic carbocycles. The summed E-state index contributed by atoms with van der Waals surface area (Å²) in [5.74, 6) is -0.224. The van der Waals surface area contributed by atoms with Crippen LogP contribution in [0.25, 0.3) is 0 Å². The molecule has 0 fully saturated rings. The zero-order chi connectivity index (χ0) is 13.9. The van der Waals surface area contributed by atoms with E-state index in [0.29, 0.717) is 5.56 Å². The summed E-state index contributed by atoms with van der Waals surface area (Å²) in [7, 11) is 0. The van der Waals surface area contributed by atoms with Crippen LogP contribution in [0.2, 0.25) is 0 Å². The summed E-state index contributed by atoms with van der Waals surface area (Å²) < 4.78 is 0. The second kappa shape index (κ2) is 5.98. The molecule has 0 saturated heterocycles. The van der Waals surface area contributed by atoms with Gasteiger partial charge >= 0.3 is 0 Å². The smallest absolute Gasteiger partial charge is 0.216 e. The first kappa shape index (κ1) is 14.7. The third-order valence-corrected chi connectivity index (χ3v) is 3.13. The molecule has 0 aliphatic rings. The maximum atomic E-state index is 10.8. The van der Waals surface area contributed by atoms with Crippen molar-refractivity contribution in [2.24, 2.45) is 0 Å². The molecule has 18 heavy (non-hydrogen) atoms. The highest BCUT2D eigenvalue weighted by Gasteiger charge is 2.20. The van der Waals surface area contributed by atoms with Gasteiger partial charge in [-0.15, -0.1) is 0 Å². The lowest BCUT2D eigenvalue weighted by atomic mass is 9.94. The van der Waals surface area contributed by atoms with Crippen LogP contribution >= 0.6 is 0 Å². The number of amides is 1. The Morgan fingerprint density at radius 2 is 1.72 bits per heavy atom. The number of hydrogen-bond acceptors (Lipinski definition) is 3. The number of carbonyl (C=O) groups is 1. The summed E-state index contributed by atoms with van der Waals surface area (Å²) in [6.45, 7) is 7.29. The fourth-order valence-corrected chi connectivity index (χ4v) is 1.87. The molecule has 1 aromatic rings. The molecule has 4 heteroatoms. The number of aliphatic hydroxyl groups excluding tert-OH is 2. The van der Waals surface area contributed by atoms with Gasteiger partial charge in [0, 0.05) is 13.5 Å². The monoisotopic (exact) mass is 251 g/mol. The summed E-state index contributed by atoms with van der Waals surface area (Å²) in [6, 6.07) is 3.87. The van der Waals surface area contributed by atoms with E-state index in [0.717, 1.165) is 16.7 Å². The number of carbonyl (C=O) groups excluding carboxylic acids is 1. The first-order valence-electron chi connectivity index (χ1n) is 6.01. The second-order valence-corrected chi connectivity index (χ2v) is 4.74. The lowest BCUT2D eigenvalue weighted by molar-refractivity contribution is -0.119. The van der Waals surface area contributed by atoms with Crippen molar-refractivity contribution >= 4 is 5.91 Å². The van der Waals surface area contributed by atoms with Gasteiger partial charge in [-0.1, -0.05) is 12.1 Å². The van der Waals surface area contributed by atoms with E-state index >= 15 is 0 Å². The summed E-state index contributed by atoms with van der Waals surface area (Å²) in [4.78, 5) is 10.8. The third-order valence-electron chi connectivity index (χ3n) is 3.13. The highest BCUT2D eigenvalue weighted by atomic mass is 16.3. The van der Waals surface area contributed by atoms with E-state index in [1.165, 1.54) is 6.92 Å². The van der Waals surface area contributed by atoms with E-state index in [1.54, 1.807) is 0 Å². The predicted molar refractivity (Wildman–Crippen MR) is 70.3 cm³/mol. The molecular weight excluding hydrogens is 230 g/mol. The molecule has 0 saturated carbocycles. The molecule has 0 heterocycles. The summed E-state index contributed by atoms with van der Waals surface area (Å²) in [6.07, 6.45) is -1.99. The molecule has 2 atom stereocenters. The van der Waals surface area contributed by atoms with Gasteiger partial charge in [-0.3, -0.25) is 4.79 Å². The molecule has 2 unspecified atom stereocenters. The maximum Gasteiger partial charge on any atom is 0.216 e. The Labute approximate surface area is 108 Å². The van der Waals surface area contributed by atoms with Gasteiger partial charge in [0.2, 0.25) is 5.91 Å². The van der Waals surface area contributed by atoms with Crippen molar-refractivity contribution < 1.29 is 15.0 Å². The van der Waals surface area contributed by atoms with E-state index in [2.05, 4.69) is 5.32 Å². The fourth-order valence-electron chi connectivity index (χ4n) is 1.87. The van der Waals surface area contributed by atoms with Gasteiger partial charge in [0.25, 0.3) is 0 Å². The van der Waals surface area contributed by atoms with Crippen molar-refractivity contribution in [3.8, 4) is 0 Å². The molecule has 1 aromatic carbocycles. The third kappa shape index (κ3) is 3.55. The zero-order valence-electron chi connectivity index (χ0n) is 11.3. The van der Waals surface area contributed by atoms with Crippen LogP contribution in [-0.2, 0) is 4.79 Å². The Kier molecular flexibility index (Phi) is 4.87. The first-order valence-corrected chi connectivity index (χ1v) is 6.01. The van der Waals surface area contributed by atoms with Crippen LogP contribution in [0.3, 0.4) is 0 Å². The van der Waals surface area contributed by atoms with Crippen molar-refractivity contribution in [1.82, 2.24) is 5.32 Å². The van der Waals surface area contributed by atoms with Crippen molar-refractivity contribution in [2.75, 3.05) is 6.54 Å². The maximum absolute atomic E-state index is 10.8. The minimum atomic E-state index is -1.00. The molecule has 0 spiro atoms. The number of benzene rings is 1. The largest absolute Gasteiger partial charge is 0.388 e. The minimum absolute atomic E-state index is 0.0445. The van der Waals surface area contributed by atoms with E-state index in [9.17, 15) is 15.0 Å². The molecular formula is C14H21NO3. The quantitative estimate of drug-likeness (QED) is 0.751. The Balaban J connectivity index is 2.86. The molecule has 0 bridgehead atoms. The van der Waals surface area contributed by atoms with Crippen molar-refractivity contribution in [1.29, 1.82) is 0 Å². The molecule has 4 nitrogen and oxygen atoms in total. The van der Waals surface area contributed by atoms with Gasteiger partial charge in [0.05, 0.1) is 0 Å². The highest BCUT2D eigenvalue weighted by Crippen LogP contribution is 2.24. The van der Waals surface area contributed by atoms with Crippen LogP contribution in [0.1, 0.15) is 35.3 Å². The molecule has 0 aliphatic heterocycles. The molecule has 0 aromatic heterocycles. The SMILES string of the molecule is CC(=O)NCC(O)C(O)c1cc(C)c(C)cc1C. The van der Waals surface area contributed by atoms with Crippen LogP contribution in [0, 0.1) is 20.8 Å². The van der Waals surface area contributed by atoms with Crippen LogP contribution in [0.15, 0.2) is 12.1 Å². The average molecular weight is 251 g/mol. The highest BCUT2D eigenvalue weighted by molar-refractivity contribution is 5.72. The summed E-state index contributed by atoms with van der Waals surface area (Å²) in [5, 5.41) is 22.4. The molecule has 1 rings (SSSR count). The van der Waals surface area contributed by atoms with Crippen LogP contribution in [0.4, 0.5) is 0 Å². The number of hydrogen-bond donors (Lipinski definition) is 3. The Bertz CT molecular complexity index is 443. The molecule has 3 N–H and O–H groups in total. The van der Waals surface area contributed by atoms with Crippen molar-refractivity contribution in [3.63, 3.8) is 0 Å². The summed E-state index contributed by atoms with van der Waals surface area (Å²) >= 11 is 0. The number of nitrogens with one attached hydrogen (secondary N) is 1. The van der Waals surface area contributed by atoms with Crippen LogP contribution in [-0.4, -0.2) is 28.8 Å².